The second-order valence-electron chi connectivity index (χ2n) is 6.09. The van der Waals surface area contributed by atoms with E-state index in [1.807, 2.05) is 13.8 Å². The smallest absolute Gasteiger partial charge is 0.225 e. The van der Waals surface area contributed by atoms with Crippen LogP contribution in [-0.2, 0) is 14.8 Å². The van der Waals surface area contributed by atoms with Crippen molar-refractivity contribution in [3.63, 3.8) is 0 Å². The number of benzene rings is 1. The molecular weight excluding hydrogens is 316 g/mol. The number of sulfonamides is 1. The molecule has 0 heterocycles. The first-order chi connectivity index (χ1) is 10.8. The van der Waals surface area contributed by atoms with Crippen LogP contribution in [0.15, 0.2) is 24.3 Å². The standard InChI is InChI=1S/C16H24N2O4S/c1-12(2)22-15-8-4-13(5-9-15)17-16(19)10-11-18(14-6-7-14)23(3,20)21/h4-5,8-9,12,14H,6-7,10-11H2,1-3H3,(H,17,19). The van der Waals surface area contributed by atoms with Crippen LogP contribution in [0.5, 0.6) is 5.75 Å². The largest absolute Gasteiger partial charge is 0.491 e. The molecule has 0 unspecified atom stereocenters. The fraction of sp³-hybridized carbons (Fsp3) is 0.562. The van der Waals surface area contributed by atoms with Crippen molar-refractivity contribution in [1.29, 1.82) is 0 Å². The predicted octanol–water partition coefficient (Wildman–Crippen LogP) is 2.23. The van der Waals surface area contributed by atoms with Gasteiger partial charge in [-0.3, -0.25) is 4.79 Å². The van der Waals surface area contributed by atoms with Crippen LogP contribution in [0.1, 0.15) is 33.1 Å². The van der Waals surface area contributed by atoms with Crippen molar-refractivity contribution < 1.29 is 17.9 Å². The molecule has 0 spiro atoms. The number of hydrogen-bond donors (Lipinski definition) is 1. The highest BCUT2D eigenvalue weighted by molar-refractivity contribution is 7.88. The minimum absolute atomic E-state index is 0.0743. The highest BCUT2D eigenvalue weighted by atomic mass is 32.2. The molecular formula is C16H24N2O4S. The minimum atomic E-state index is -3.25. The zero-order chi connectivity index (χ0) is 17.0. The van der Waals surface area contributed by atoms with Crippen molar-refractivity contribution in [2.75, 3.05) is 18.1 Å². The Morgan fingerprint density at radius 3 is 2.39 bits per heavy atom. The van der Waals surface area contributed by atoms with Crippen molar-refractivity contribution in [1.82, 2.24) is 4.31 Å². The molecule has 1 N–H and O–H groups in total. The molecule has 1 aliphatic rings. The number of carbonyl (C=O) groups is 1. The number of nitrogens with zero attached hydrogens (tertiary/aromatic N) is 1. The third-order valence-corrected chi connectivity index (χ3v) is 4.78. The van der Waals surface area contributed by atoms with Gasteiger partial charge in [-0.25, -0.2) is 8.42 Å². The Labute approximate surface area is 137 Å². The van der Waals surface area contributed by atoms with Gasteiger partial charge in [-0.05, 0) is 51.0 Å². The van der Waals surface area contributed by atoms with E-state index in [1.165, 1.54) is 10.6 Å². The van der Waals surface area contributed by atoms with Crippen LogP contribution in [0.2, 0.25) is 0 Å². The summed E-state index contributed by atoms with van der Waals surface area (Å²) in [5.74, 6) is 0.548. The van der Waals surface area contributed by atoms with Gasteiger partial charge < -0.3 is 10.1 Å². The first-order valence-corrected chi connectivity index (χ1v) is 9.64. The van der Waals surface area contributed by atoms with E-state index in [1.54, 1.807) is 24.3 Å². The maximum absolute atomic E-state index is 12.0. The SMILES string of the molecule is CC(C)Oc1ccc(NC(=O)CCN(C2CC2)S(C)(=O)=O)cc1. The lowest BCUT2D eigenvalue weighted by atomic mass is 10.3. The van der Waals surface area contributed by atoms with Gasteiger partial charge in [-0.1, -0.05) is 0 Å². The zero-order valence-electron chi connectivity index (χ0n) is 13.8. The van der Waals surface area contributed by atoms with Gasteiger partial charge >= 0.3 is 0 Å². The molecule has 1 aromatic carbocycles. The number of anilines is 1. The van der Waals surface area contributed by atoms with Crippen LogP contribution < -0.4 is 10.1 Å². The molecule has 0 aliphatic heterocycles. The van der Waals surface area contributed by atoms with Crippen molar-refractivity contribution in [2.24, 2.45) is 0 Å². The summed E-state index contributed by atoms with van der Waals surface area (Å²) in [4.78, 5) is 12.0. The molecule has 0 saturated heterocycles. The molecule has 1 saturated carbocycles. The highest BCUT2D eigenvalue weighted by Crippen LogP contribution is 2.28. The average Bonchev–Trinajstić information content (AvgIpc) is 3.23. The Hall–Kier alpha value is -1.60. The summed E-state index contributed by atoms with van der Waals surface area (Å²) in [5.41, 5.74) is 0.670. The van der Waals surface area contributed by atoms with Crippen LogP contribution >= 0.6 is 0 Å². The van der Waals surface area contributed by atoms with Crippen molar-refractivity contribution in [3.05, 3.63) is 24.3 Å². The quantitative estimate of drug-likeness (QED) is 0.787. The molecule has 0 radical (unpaired) electrons. The molecule has 1 aliphatic carbocycles. The topological polar surface area (TPSA) is 75.7 Å². The summed E-state index contributed by atoms with van der Waals surface area (Å²) in [6, 6.07) is 7.20. The predicted molar refractivity (Wildman–Crippen MR) is 90.0 cm³/mol. The van der Waals surface area contributed by atoms with E-state index >= 15 is 0 Å². The molecule has 7 heteroatoms. The van der Waals surface area contributed by atoms with Crippen LogP contribution in [-0.4, -0.2) is 43.6 Å². The molecule has 1 fully saturated rings. The van der Waals surface area contributed by atoms with Crippen LogP contribution in [0, 0.1) is 0 Å². The fourth-order valence-corrected chi connectivity index (χ4v) is 3.48. The Bertz CT molecular complexity index is 637. The molecule has 23 heavy (non-hydrogen) atoms. The van der Waals surface area contributed by atoms with Gasteiger partial charge in [0, 0.05) is 24.7 Å². The molecule has 1 aromatic rings. The molecule has 128 valence electrons. The van der Waals surface area contributed by atoms with Gasteiger partial charge in [0.2, 0.25) is 15.9 Å². The van der Waals surface area contributed by atoms with Crippen molar-refractivity contribution >= 4 is 21.6 Å². The number of rotatable bonds is 8. The zero-order valence-corrected chi connectivity index (χ0v) is 14.6. The van der Waals surface area contributed by atoms with E-state index in [-0.39, 0.29) is 31.0 Å². The normalized spacial score (nSPS) is 15.0. The summed E-state index contributed by atoms with van der Waals surface area (Å²) < 4.78 is 30.3. The Kier molecular flexibility index (Phi) is 5.64. The molecule has 0 bridgehead atoms. The lowest BCUT2D eigenvalue weighted by Gasteiger charge is -2.19. The van der Waals surface area contributed by atoms with E-state index in [0.717, 1.165) is 18.6 Å². The molecule has 6 nitrogen and oxygen atoms in total. The van der Waals surface area contributed by atoms with E-state index in [9.17, 15) is 13.2 Å². The Balaban J connectivity index is 1.84. The maximum Gasteiger partial charge on any atom is 0.225 e. The van der Waals surface area contributed by atoms with E-state index < -0.39 is 10.0 Å². The number of carbonyl (C=O) groups excluding carboxylic acids is 1. The molecule has 2 rings (SSSR count). The van der Waals surface area contributed by atoms with E-state index in [4.69, 9.17) is 4.74 Å². The second-order valence-corrected chi connectivity index (χ2v) is 8.03. The number of hydrogen-bond acceptors (Lipinski definition) is 4. The number of amides is 1. The lowest BCUT2D eigenvalue weighted by Crippen LogP contribution is -2.34. The van der Waals surface area contributed by atoms with Crippen molar-refractivity contribution in [2.45, 2.75) is 45.3 Å². The summed E-state index contributed by atoms with van der Waals surface area (Å²) in [6.07, 6.45) is 3.20. The summed E-state index contributed by atoms with van der Waals surface area (Å²) in [5, 5.41) is 2.77. The third-order valence-electron chi connectivity index (χ3n) is 3.45. The van der Waals surface area contributed by atoms with Crippen LogP contribution in [0.4, 0.5) is 5.69 Å². The summed E-state index contributed by atoms with van der Waals surface area (Å²) in [7, 11) is -3.25. The van der Waals surface area contributed by atoms with Crippen LogP contribution in [0.25, 0.3) is 0 Å². The molecule has 1 amide bonds. The Morgan fingerprint density at radius 2 is 1.91 bits per heavy atom. The number of nitrogens with one attached hydrogen (secondary N) is 1. The molecule has 0 aromatic heterocycles. The van der Waals surface area contributed by atoms with Crippen LogP contribution in [0.3, 0.4) is 0 Å². The van der Waals surface area contributed by atoms with E-state index in [2.05, 4.69) is 5.32 Å². The minimum Gasteiger partial charge on any atom is -0.491 e. The summed E-state index contributed by atoms with van der Waals surface area (Å²) in [6.45, 7) is 4.12. The average molecular weight is 340 g/mol. The van der Waals surface area contributed by atoms with Crippen molar-refractivity contribution in [3.8, 4) is 5.75 Å². The second kappa shape index (κ2) is 7.31. The summed E-state index contributed by atoms with van der Waals surface area (Å²) >= 11 is 0. The van der Waals surface area contributed by atoms with Gasteiger partial charge in [-0.2, -0.15) is 4.31 Å². The number of ether oxygens (including phenoxy) is 1. The Morgan fingerprint density at radius 1 is 1.30 bits per heavy atom. The maximum atomic E-state index is 12.0. The highest BCUT2D eigenvalue weighted by Gasteiger charge is 2.34. The van der Waals surface area contributed by atoms with Gasteiger partial charge in [0.1, 0.15) is 5.75 Å². The van der Waals surface area contributed by atoms with Gasteiger partial charge in [0.25, 0.3) is 0 Å². The first kappa shape index (κ1) is 17.7. The molecule has 0 atom stereocenters. The lowest BCUT2D eigenvalue weighted by molar-refractivity contribution is -0.116. The van der Waals surface area contributed by atoms with Gasteiger partial charge in [0.15, 0.2) is 0 Å². The first-order valence-electron chi connectivity index (χ1n) is 7.79. The van der Waals surface area contributed by atoms with Gasteiger partial charge in [0.05, 0.1) is 12.4 Å². The fourth-order valence-electron chi connectivity index (χ4n) is 2.31. The van der Waals surface area contributed by atoms with E-state index in [0.29, 0.717) is 5.69 Å². The third kappa shape index (κ3) is 5.84. The van der Waals surface area contributed by atoms with Gasteiger partial charge in [-0.15, -0.1) is 0 Å². The monoisotopic (exact) mass is 340 g/mol.